The van der Waals surface area contributed by atoms with Gasteiger partial charge in [0, 0.05) is 12.4 Å². The van der Waals surface area contributed by atoms with Gasteiger partial charge in [-0.1, -0.05) is 18.3 Å². The normalized spacial score (nSPS) is 12.8. The second kappa shape index (κ2) is 5.40. The predicted octanol–water partition coefficient (Wildman–Crippen LogP) is 2.52. The van der Waals surface area contributed by atoms with Crippen molar-refractivity contribution in [2.75, 3.05) is 17.7 Å². The molecule has 1 aromatic rings. The van der Waals surface area contributed by atoms with E-state index in [0.717, 1.165) is 29.0 Å². The molecule has 0 aliphatic carbocycles. The minimum Gasteiger partial charge on any atom is -0.360 e. The van der Waals surface area contributed by atoms with E-state index in [1.165, 1.54) is 0 Å². The van der Waals surface area contributed by atoms with Crippen molar-refractivity contribution in [1.82, 2.24) is 10.2 Å². The topological polar surface area (TPSA) is 37.8 Å². The molecule has 1 unspecified atom stereocenters. The fraction of sp³-hybridized carbons (Fsp3) is 0.750. The lowest BCUT2D eigenvalue weighted by molar-refractivity contribution is 0.596. The zero-order valence-electron chi connectivity index (χ0n) is 7.88. The first-order valence-electron chi connectivity index (χ1n) is 4.32. The van der Waals surface area contributed by atoms with Gasteiger partial charge in [0.25, 0.3) is 0 Å². The maximum atomic E-state index is 5.63. The summed E-state index contributed by atoms with van der Waals surface area (Å²) in [7, 11) is 0. The predicted molar refractivity (Wildman–Crippen MR) is 57.6 cm³/mol. The van der Waals surface area contributed by atoms with E-state index < -0.39 is 0 Å². The van der Waals surface area contributed by atoms with Gasteiger partial charge in [0.15, 0.2) is 0 Å². The van der Waals surface area contributed by atoms with Crippen LogP contribution < -0.4 is 5.32 Å². The molecule has 1 heterocycles. The number of hydrogen-bond acceptors (Lipinski definition) is 4. The first-order valence-corrected chi connectivity index (χ1v) is 5.67. The molecule has 0 bridgehead atoms. The van der Waals surface area contributed by atoms with Crippen molar-refractivity contribution in [3.63, 3.8) is 0 Å². The van der Waals surface area contributed by atoms with Crippen LogP contribution in [0.25, 0.3) is 0 Å². The molecule has 0 fully saturated rings. The minimum absolute atomic E-state index is 0.585. The molecule has 5 heteroatoms. The van der Waals surface area contributed by atoms with Crippen LogP contribution in [0.1, 0.15) is 18.4 Å². The second-order valence-corrected chi connectivity index (χ2v) is 4.65. The highest BCUT2D eigenvalue weighted by Gasteiger charge is 2.03. The molecule has 0 saturated heterocycles. The van der Waals surface area contributed by atoms with Crippen molar-refractivity contribution in [3.05, 3.63) is 5.01 Å². The van der Waals surface area contributed by atoms with Crippen LogP contribution in [0.15, 0.2) is 0 Å². The molecule has 0 radical (unpaired) electrons. The number of rotatable bonds is 5. The van der Waals surface area contributed by atoms with Gasteiger partial charge in [-0.05, 0) is 19.3 Å². The number of nitrogens with zero attached hydrogens (tertiary/aromatic N) is 2. The highest BCUT2D eigenvalue weighted by atomic mass is 35.5. The molecule has 0 saturated carbocycles. The summed E-state index contributed by atoms with van der Waals surface area (Å²) in [4.78, 5) is 0. The highest BCUT2D eigenvalue weighted by Crippen LogP contribution is 2.14. The summed E-state index contributed by atoms with van der Waals surface area (Å²) in [5.74, 6) is 1.31. The molecule has 1 atom stereocenters. The van der Waals surface area contributed by atoms with E-state index in [4.69, 9.17) is 11.6 Å². The zero-order chi connectivity index (χ0) is 9.68. The third-order valence-electron chi connectivity index (χ3n) is 1.73. The van der Waals surface area contributed by atoms with Gasteiger partial charge in [-0.25, -0.2) is 0 Å². The van der Waals surface area contributed by atoms with Gasteiger partial charge in [0.1, 0.15) is 5.01 Å². The Kier molecular flexibility index (Phi) is 4.45. The standard InChI is InChI=1S/C8H14ClN3S/c1-6(3-4-9)5-10-8-12-11-7(2)13-8/h6H,3-5H2,1-2H3,(H,10,12). The number of halogens is 1. The number of alkyl halides is 1. The van der Waals surface area contributed by atoms with Gasteiger partial charge < -0.3 is 5.32 Å². The Balaban J connectivity index is 2.26. The largest absolute Gasteiger partial charge is 0.360 e. The Morgan fingerprint density at radius 2 is 2.31 bits per heavy atom. The van der Waals surface area contributed by atoms with E-state index in [0.29, 0.717) is 5.92 Å². The lowest BCUT2D eigenvalue weighted by Gasteiger charge is -2.08. The van der Waals surface area contributed by atoms with Crippen molar-refractivity contribution in [2.45, 2.75) is 20.3 Å². The van der Waals surface area contributed by atoms with Crippen molar-refractivity contribution in [3.8, 4) is 0 Å². The Bertz CT molecular complexity index is 251. The van der Waals surface area contributed by atoms with Crippen molar-refractivity contribution in [1.29, 1.82) is 0 Å². The van der Waals surface area contributed by atoms with E-state index in [-0.39, 0.29) is 0 Å². The number of anilines is 1. The zero-order valence-corrected chi connectivity index (χ0v) is 9.45. The Labute approximate surface area is 87.5 Å². The number of aryl methyl sites for hydroxylation is 1. The maximum Gasteiger partial charge on any atom is 0.205 e. The summed E-state index contributed by atoms with van der Waals surface area (Å²) in [6.07, 6.45) is 1.03. The van der Waals surface area contributed by atoms with E-state index in [1.54, 1.807) is 11.3 Å². The third-order valence-corrected chi connectivity index (χ3v) is 2.74. The monoisotopic (exact) mass is 219 g/mol. The number of nitrogens with one attached hydrogen (secondary N) is 1. The smallest absolute Gasteiger partial charge is 0.205 e. The van der Waals surface area contributed by atoms with Crippen molar-refractivity contribution in [2.24, 2.45) is 5.92 Å². The van der Waals surface area contributed by atoms with E-state index in [2.05, 4.69) is 22.4 Å². The molecule has 74 valence electrons. The quantitative estimate of drug-likeness (QED) is 0.774. The van der Waals surface area contributed by atoms with E-state index >= 15 is 0 Å². The molecule has 0 aromatic carbocycles. The molecule has 0 aliphatic rings. The molecule has 3 nitrogen and oxygen atoms in total. The molecular weight excluding hydrogens is 206 g/mol. The SMILES string of the molecule is Cc1nnc(NCC(C)CCCl)s1. The van der Waals surface area contributed by atoms with Crippen LogP contribution in [0.5, 0.6) is 0 Å². The first-order chi connectivity index (χ1) is 6.22. The maximum absolute atomic E-state index is 5.63. The van der Waals surface area contributed by atoms with Crippen LogP contribution in [0, 0.1) is 12.8 Å². The summed E-state index contributed by atoms with van der Waals surface area (Å²) in [6.45, 7) is 5.04. The molecule has 0 amide bonds. The Morgan fingerprint density at radius 1 is 1.54 bits per heavy atom. The van der Waals surface area contributed by atoms with Gasteiger partial charge in [-0.2, -0.15) is 0 Å². The molecule has 1 aromatic heterocycles. The molecule has 1 rings (SSSR count). The molecule has 0 aliphatic heterocycles. The summed E-state index contributed by atoms with van der Waals surface area (Å²) in [5.41, 5.74) is 0. The van der Waals surface area contributed by atoms with Gasteiger partial charge >= 0.3 is 0 Å². The van der Waals surface area contributed by atoms with Crippen molar-refractivity contribution >= 4 is 28.1 Å². The fourth-order valence-electron chi connectivity index (χ4n) is 0.918. The minimum atomic E-state index is 0.585. The van der Waals surface area contributed by atoms with Crippen LogP contribution in [-0.2, 0) is 0 Å². The number of hydrogen-bond donors (Lipinski definition) is 1. The van der Waals surface area contributed by atoms with Gasteiger partial charge in [-0.3, -0.25) is 0 Å². The lowest BCUT2D eigenvalue weighted by Crippen LogP contribution is -2.11. The summed E-state index contributed by atoms with van der Waals surface area (Å²) in [6, 6.07) is 0. The first kappa shape index (κ1) is 10.7. The molecule has 1 N–H and O–H groups in total. The summed E-state index contributed by atoms with van der Waals surface area (Å²) >= 11 is 7.21. The lowest BCUT2D eigenvalue weighted by atomic mass is 10.1. The van der Waals surface area contributed by atoms with E-state index in [1.807, 2.05) is 6.92 Å². The van der Waals surface area contributed by atoms with Crippen LogP contribution in [0.2, 0.25) is 0 Å². The molecule has 0 spiro atoms. The Hall–Kier alpha value is -0.350. The average molecular weight is 220 g/mol. The van der Waals surface area contributed by atoms with Crippen molar-refractivity contribution < 1.29 is 0 Å². The van der Waals surface area contributed by atoms with Crippen LogP contribution in [0.4, 0.5) is 5.13 Å². The van der Waals surface area contributed by atoms with Gasteiger partial charge in [0.2, 0.25) is 5.13 Å². The summed E-state index contributed by atoms with van der Waals surface area (Å²) < 4.78 is 0. The second-order valence-electron chi connectivity index (χ2n) is 3.09. The van der Waals surface area contributed by atoms with E-state index in [9.17, 15) is 0 Å². The third kappa shape index (κ3) is 3.91. The number of aromatic nitrogens is 2. The van der Waals surface area contributed by atoms with Gasteiger partial charge in [-0.15, -0.1) is 21.8 Å². The average Bonchev–Trinajstić information content (AvgIpc) is 2.49. The van der Waals surface area contributed by atoms with Crippen LogP contribution in [-0.4, -0.2) is 22.6 Å². The van der Waals surface area contributed by atoms with Gasteiger partial charge in [0.05, 0.1) is 0 Å². The molecular formula is C8H14ClN3S. The van der Waals surface area contributed by atoms with Crippen LogP contribution >= 0.6 is 22.9 Å². The molecule has 13 heavy (non-hydrogen) atoms. The summed E-state index contributed by atoms with van der Waals surface area (Å²) in [5, 5.41) is 13.0. The van der Waals surface area contributed by atoms with Crippen LogP contribution in [0.3, 0.4) is 0 Å². The highest BCUT2D eigenvalue weighted by molar-refractivity contribution is 7.15. The fourth-order valence-corrected chi connectivity index (χ4v) is 1.89. The Morgan fingerprint density at radius 3 is 2.85 bits per heavy atom.